The average molecular weight is 269 g/mol. The van der Waals surface area contributed by atoms with E-state index in [2.05, 4.69) is 14.5 Å². The van der Waals surface area contributed by atoms with E-state index in [1.165, 1.54) is 0 Å². The smallest absolute Gasteiger partial charge is 1.00 e. The van der Waals surface area contributed by atoms with E-state index >= 15 is 0 Å². The summed E-state index contributed by atoms with van der Waals surface area (Å²) in [7, 11) is 0. The molecule has 0 unspecified atom stereocenters. The van der Waals surface area contributed by atoms with Crippen molar-refractivity contribution in [2.45, 2.75) is 6.10 Å². The third-order valence-electron chi connectivity index (χ3n) is 0.967. The second-order valence-corrected chi connectivity index (χ2v) is 1.99. The van der Waals surface area contributed by atoms with Gasteiger partial charge >= 0.3 is 37.7 Å². The van der Waals surface area contributed by atoms with Crippen molar-refractivity contribution in [1.82, 2.24) is 0 Å². The molecule has 0 N–H and O–H groups in total. The van der Waals surface area contributed by atoms with E-state index in [1.807, 2.05) is 0 Å². The van der Waals surface area contributed by atoms with Crippen molar-refractivity contribution in [3.05, 3.63) is 30.3 Å². The molecule has 0 spiro atoms. The van der Waals surface area contributed by atoms with Gasteiger partial charge in [0.1, 0.15) is 13.2 Å². The Balaban J connectivity index is -0.000000327. The third-order valence-corrected chi connectivity index (χ3v) is 0.967. The van der Waals surface area contributed by atoms with Gasteiger partial charge in [-0.05, 0) is 0 Å². The molecule has 90 valence electrons. The molecule has 0 rings (SSSR count). The first-order valence-corrected chi connectivity index (χ1v) is 3.27. The summed E-state index contributed by atoms with van der Waals surface area (Å²) in [6, 6.07) is 0. The van der Waals surface area contributed by atoms with E-state index in [9.17, 15) is 30.3 Å². The van der Waals surface area contributed by atoms with Crippen molar-refractivity contribution >= 4 is 37.7 Å². The fourth-order valence-electron chi connectivity index (χ4n) is 0.519. The average Bonchev–Trinajstić information content (AvgIpc) is 2.08. The molecule has 12 nitrogen and oxygen atoms in total. The van der Waals surface area contributed by atoms with Gasteiger partial charge in [0.2, 0.25) is 0 Å². The molecule has 0 aliphatic carbocycles. The molecule has 16 heavy (non-hydrogen) atoms. The van der Waals surface area contributed by atoms with Gasteiger partial charge in [0.15, 0.2) is 6.10 Å². The Bertz CT molecular complexity index is 249. The second-order valence-electron chi connectivity index (χ2n) is 1.99. The molecule has 0 heterocycles. The standard InChI is InChI=1S/C3H5N3O9.Ca.2H/c7-4(8)13-1-3(15-6(11)12)2-14-5(9)10;;;/h3H,1-2H2;;;/q;+2;2*-1. The van der Waals surface area contributed by atoms with Crippen LogP contribution in [-0.2, 0) is 14.5 Å². The number of rotatable bonds is 8. The predicted octanol–water partition coefficient (Wildman–Crippen LogP) is -1.18. The minimum absolute atomic E-state index is 0. The summed E-state index contributed by atoms with van der Waals surface area (Å²) in [5, 5.41) is 25.5. The van der Waals surface area contributed by atoms with Crippen LogP contribution in [0.15, 0.2) is 0 Å². The third kappa shape index (κ3) is 10.9. The van der Waals surface area contributed by atoms with E-state index in [1.54, 1.807) is 0 Å². The minimum atomic E-state index is -1.55. The monoisotopic (exact) mass is 269 g/mol. The van der Waals surface area contributed by atoms with Crippen molar-refractivity contribution in [2.75, 3.05) is 13.2 Å². The van der Waals surface area contributed by atoms with Crippen LogP contribution in [0, 0.1) is 30.3 Å². The van der Waals surface area contributed by atoms with Crippen LogP contribution in [0.5, 0.6) is 0 Å². The van der Waals surface area contributed by atoms with Crippen LogP contribution < -0.4 is 0 Å². The fourth-order valence-corrected chi connectivity index (χ4v) is 0.519. The Morgan fingerprint density at radius 3 is 1.56 bits per heavy atom. The fraction of sp³-hybridized carbons (Fsp3) is 1.00. The number of nitrogens with zero attached hydrogens (tertiary/aromatic N) is 3. The minimum Gasteiger partial charge on any atom is -1.00 e. The molecule has 0 aliphatic heterocycles. The van der Waals surface area contributed by atoms with Gasteiger partial charge < -0.3 is 17.4 Å². The SMILES string of the molecule is O=[N+]([O-])OCC(CO[N+](=O)[O-])O[N+](=O)[O-].[Ca+2].[H-].[H-]. The molecule has 0 amide bonds. The summed E-state index contributed by atoms with van der Waals surface area (Å²) < 4.78 is 0. The van der Waals surface area contributed by atoms with Gasteiger partial charge in [0.05, 0.1) is 0 Å². The van der Waals surface area contributed by atoms with Crippen LogP contribution in [0.25, 0.3) is 0 Å². The Morgan fingerprint density at radius 2 is 1.31 bits per heavy atom. The molecule has 0 fully saturated rings. The first-order valence-electron chi connectivity index (χ1n) is 3.27. The first kappa shape index (κ1) is 17.3. The van der Waals surface area contributed by atoms with Crippen molar-refractivity contribution in [3.8, 4) is 0 Å². The number of hydrogen-bond donors (Lipinski definition) is 0. The maximum atomic E-state index is 9.83. The zero-order valence-corrected chi connectivity index (χ0v) is 9.92. The molecule has 0 radical (unpaired) electrons. The van der Waals surface area contributed by atoms with Gasteiger partial charge in [-0.3, -0.25) is 0 Å². The summed E-state index contributed by atoms with van der Waals surface area (Å²) in [6.07, 6.45) is -1.55. The van der Waals surface area contributed by atoms with Crippen LogP contribution in [0.1, 0.15) is 2.85 Å². The van der Waals surface area contributed by atoms with Crippen LogP contribution in [-0.4, -0.2) is 72.3 Å². The van der Waals surface area contributed by atoms with Crippen LogP contribution in [0.3, 0.4) is 0 Å². The molecule has 0 aromatic heterocycles. The van der Waals surface area contributed by atoms with Crippen molar-refractivity contribution in [2.24, 2.45) is 0 Å². The topological polar surface area (TPSA) is 157 Å². The summed E-state index contributed by atoms with van der Waals surface area (Å²) in [4.78, 5) is 40.5. The molecule has 0 saturated heterocycles. The predicted molar refractivity (Wildman–Crippen MR) is 45.7 cm³/mol. The van der Waals surface area contributed by atoms with Crippen LogP contribution >= 0.6 is 0 Å². The molecule has 0 saturated carbocycles. The Kier molecular flexibility index (Phi) is 9.83. The molecule has 0 aromatic carbocycles. The van der Waals surface area contributed by atoms with E-state index in [4.69, 9.17) is 0 Å². The Morgan fingerprint density at radius 1 is 0.938 bits per heavy atom. The summed E-state index contributed by atoms with van der Waals surface area (Å²) >= 11 is 0. The normalized spacial score (nSPS) is 8.81. The molecule has 0 bridgehead atoms. The first-order chi connectivity index (χ1) is 6.91. The number of hydrogen-bond acceptors (Lipinski definition) is 9. The quantitative estimate of drug-likeness (QED) is 0.300. The van der Waals surface area contributed by atoms with E-state index in [0.29, 0.717) is 0 Å². The second kappa shape index (κ2) is 9.11. The maximum Gasteiger partial charge on any atom is 2.00 e. The van der Waals surface area contributed by atoms with Crippen LogP contribution in [0.4, 0.5) is 0 Å². The maximum absolute atomic E-state index is 9.83. The van der Waals surface area contributed by atoms with Crippen molar-refractivity contribution in [3.63, 3.8) is 0 Å². The summed E-state index contributed by atoms with van der Waals surface area (Å²) in [6.45, 7) is -1.69. The van der Waals surface area contributed by atoms with E-state index in [0.717, 1.165) is 0 Å². The summed E-state index contributed by atoms with van der Waals surface area (Å²) in [5.74, 6) is 0. The Hall–Kier alpha value is -1.14. The molecule has 0 aliphatic rings. The van der Waals surface area contributed by atoms with Crippen LogP contribution in [0.2, 0.25) is 0 Å². The largest absolute Gasteiger partial charge is 2.00 e. The van der Waals surface area contributed by atoms with Gasteiger partial charge in [0.25, 0.3) is 15.3 Å². The molecular weight excluding hydrogens is 262 g/mol. The molecular formula is C3H7CaN3O9. The van der Waals surface area contributed by atoms with Gasteiger partial charge in [-0.1, -0.05) is 0 Å². The molecule has 13 heteroatoms. The van der Waals surface area contributed by atoms with Crippen molar-refractivity contribution in [1.29, 1.82) is 0 Å². The molecule has 0 aromatic rings. The van der Waals surface area contributed by atoms with Gasteiger partial charge in [-0.2, -0.15) is 0 Å². The van der Waals surface area contributed by atoms with Gasteiger partial charge in [-0.25, -0.2) is 0 Å². The van der Waals surface area contributed by atoms with E-state index < -0.39 is 34.6 Å². The zero-order valence-electron chi connectivity index (χ0n) is 9.71. The molecule has 0 atom stereocenters. The van der Waals surface area contributed by atoms with Crippen molar-refractivity contribution < 1.29 is 32.6 Å². The zero-order chi connectivity index (χ0) is 11.8. The summed E-state index contributed by atoms with van der Waals surface area (Å²) in [5.41, 5.74) is 0. The van der Waals surface area contributed by atoms with E-state index in [-0.39, 0.29) is 40.6 Å². The van der Waals surface area contributed by atoms with Gasteiger partial charge in [0, 0.05) is 0 Å². The van der Waals surface area contributed by atoms with Gasteiger partial charge in [-0.15, -0.1) is 30.3 Å². The Labute approximate surface area is 120 Å².